The third-order valence-corrected chi connectivity index (χ3v) is 5.84. The third kappa shape index (κ3) is 5.78. The van der Waals surface area contributed by atoms with Crippen LogP contribution in [-0.4, -0.2) is 34.2 Å². The maximum atomic E-state index is 13.1. The number of fused-ring (bicyclic) bond motifs is 1. The topological polar surface area (TPSA) is 99.2 Å². The van der Waals surface area contributed by atoms with Crippen LogP contribution in [0.5, 0.6) is 5.75 Å². The van der Waals surface area contributed by atoms with E-state index < -0.39 is 23.6 Å². The van der Waals surface area contributed by atoms with Gasteiger partial charge in [-0.05, 0) is 42.8 Å². The van der Waals surface area contributed by atoms with Crippen molar-refractivity contribution in [1.82, 2.24) is 9.55 Å². The molecule has 3 aromatic rings. The predicted octanol–water partition coefficient (Wildman–Crippen LogP) is 4.69. The van der Waals surface area contributed by atoms with E-state index in [2.05, 4.69) is 10.3 Å². The number of aromatic nitrogens is 2. The molecule has 0 unspecified atom stereocenters. The minimum atomic E-state index is -4.47. The number of thioether (sulfide) groups is 1. The molecule has 0 aliphatic carbocycles. The number of ether oxygens (including phenoxy) is 1. The summed E-state index contributed by atoms with van der Waals surface area (Å²) in [7, 11) is 1.43. The number of amides is 2. The number of methoxy groups -OCH3 is 1. The summed E-state index contributed by atoms with van der Waals surface area (Å²) in [5, 5.41) is 3.12. The highest BCUT2D eigenvalue weighted by Crippen LogP contribution is 2.33. The Labute approximate surface area is 192 Å². The van der Waals surface area contributed by atoms with Gasteiger partial charge in [-0.1, -0.05) is 25.1 Å². The normalized spacial score (nSPS) is 11.5. The molecule has 7 nitrogen and oxygen atoms in total. The van der Waals surface area contributed by atoms with Crippen LogP contribution in [0.25, 0.3) is 11.0 Å². The Balaban J connectivity index is 1.82. The molecule has 2 amide bonds. The van der Waals surface area contributed by atoms with Gasteiger partial charge in [0.15, 0.2) is 5.16 Å². The lowest BCUT2D eigenvalue weighted by Crippen LogP contribution is -2.17. The van der Waals surface area contributed by atoms with Crippen LogP contribution in [0.2, 0.25) is 0 Å². The molecule has 0 saturated carbocycles. The molecule has 0 atom stereocenters. The first-order valence-corrected chi connectivity index (χ1v) is 11.1. The molecule has 0 aliphatic rings. The molecule has 33 heavy (non-hydrogen) atoms. The number of benzene rings is 2. The molecule has 1 aromatic heterocycles. The number of halogens is 3. The van der Waals surface area contributed by atoms with Gasteiger partial charge in [-0.2, -0.15) is 13.2 Å². The molecule has 11 heteroatoms. The number of alkyl halides is 3. The first kappa shape index (κ1) is 24.4. The summed E-state index contributed by atoms with van der Waals surface area (Å²) >= 11 is 1.11. The number of nitrogens with zero attached hydrogens (tertiary/aromatic N) is 2. The van der Waals surface area contributed by atoms with Crippen molar-refractivity contribution >= 4 is 40.3 Å². The fourth-order valence-corrected chi connectivity index (χ4v) is 4.04. The van der Waals surface area contributed by atoms with Crippen molar-refractivity contribution in [2.24, 2.45) is 5.73 Å². The zero-order valence-corrected chi connectivity index (χ0v) is 18.8. The zero-order chi connectivity index (χ0) is 24.2. The van der Waals surface area contributed by atoms with Gasteiger partial charge in [0.2, 0.25) is 11.8 Å². The average molecular weight is 481 g/mol. The summed E-state index contributed by atoms with van der Waals surface area (Å²) < 4.78 is 46.3. The predicted molar refractivity (Wildman–Crippen MR) is 121 cm³/mol. The van der Waals surface area contributed by atoms with Crippen LogP contribution >= 0.6 is 11.8 Å². The number of carbonyl (C=O) groups is 2. The van der Waals surface area contributed by atoms with E-state index in [1.54, 1.807) is 0 Å². The minimum Gasteiger partial charge on any atom is -0.495 e. The number of nitrogens with two attached hydrogens (primary N) is 1. The van der Waals surface area contributed by atoms with Gasteiger partial charge in [0, 0.05) is 12.1 Å². The number of hydrogen-bond acceptors (Lipinski definition) is 5. The largest absolute Gasteiger partial charge is 0.495 e. The lowest BCUT2D eigenvalue weighted by molar-refractivity contribution is -0.137. The van der Waals surface area contributed by atoms with Crippen molar-refractivity contribution in [2.45, 2.75) is 37.6 Å². The summed E-state index contributed by atoms with van der Waals surface area (Å²) in [4.78, 5) is 28.3. The highest BCUT2D eigenvalue weighted by molar-refractivity contribution is 7.99. The summed E-state index contributed by atoms with van der Waals surface area (Å²) in [5.41, 5.74) is 5.82. The Bertz CT molecular complexity index is 1180. The highest BCUT2D eigenvalue weighted by atomic mass is 32.2. The van der Waals surface area contributed by atoms with Crippen LogP contribution in [0, 0.1) is 0 Å². The van der Waals surface area contributed by atoms with Crippen molar-refractivity contribution in [3.63, 3.8) is 0 Å². The lowest BCUT2D eigenvalue weighted by atomic mass is 10.1. The Morgan fingerprint density at radius 2 is 1.97 bits per heavy atom. The maximum absolute atomic E-state index is 13.1. The number of rotatable bonds is 9. The van der Waals surface area contributed by atoms with Gasteiger partial charge in [-0.3, -0.25) is 9.59 Å². The zero-order valence-electron chi connectivity index (χ0n) is 18.0. The van der Waals surface area contributed by atoms with E-state index in [0.717, 1.165) is 36.7 Å². The molecule has 0 saturated heterocycles. The molecular formula is C22H23F3N4O3S. The van der Waals surface area contributed by atoms with Gasteiger partial charge >= 0.3 is 6.18 Å². The van der Waals surface area contributed by atoms with Gasteiger partial charge in [0.1, 0.15) is 5.75 Å². The molecule has 0 bridgehead atoms. The molecule has 1 heterocycles. The molecule has 3 rings (SSSR count). The number of anilines is 1. The molecule has 0 radical (unpaired) electrons. The quantitative estimate of drug-likeness (QED) is 0.433. The number of aryl methyl sites for hydroxylation is 1. The summed E-state index contributed by atoms with van der Waals surface area (Å²) in [6, 6.07) is 7.87. The Kier molecular flexibility index (Phi) is 7.52. The molecule has 176 valence electrons. The molecule has 0 fully saturated rings. The Hall–Kier alpha value is -3.21. The van der Waals surface area contributed by atoms with Crippen molar-refractivity contribution in [1.29, 1.82) is 0 Å². The van der Waals surface area contributed by atoms with E-state index in [-0.39, 0.29) is 22.5 Å². The summed E-state index contributed by atoms with van der Waals surface area (Å²) in [6.07, 6.45) is -2.77. The van der Waals surface area contributed by atoms with Gasteiger partial charge < -0.3 is 20.4 Å². The second-order valence-electron chi connectivity index (χ2n) is 7.22. The fourth-order valence-electron chi connectivity index (χ4n) is 3.20. The van der Waals surface area contributed by atoms with Gasteiger partial charge in [0.05, 0.1) is 35.1 Å². The first-order valence-electron chi connectivity index (χ1n) is 10.1. The smallest absolute Gasteiger partial charge is 0.416 e. The number of unbranched alkanes of at least 4 members (excludes halogenated alkanes) is 1. The highest BCUT2D eigenvalue weighted by Gasteiger charge is 2.31. The van der Waals surface area contributed by atoms with Crippen molar-refractivity contribution in [3.8, 4) is 5.75 Å². The number of imidazole rings is 1. The van der Waals surface area contributed by atoms with E-state index in [1.165, 1.54) is 31.4 Å². The molecule has 0 spiro atoms. The van der Waals surface area contributed by atoms with Crippen molar-refractivity contribution < 1.29 is 27.5 Å². The summed E-state index contributed by atoms with van der Waals surface area (Å²) in [6.45, 7) is 2.57. The van der Waals surface area contributed by atoms with Crippen LogP contribution in [0.15, 0.2) is 41.6 Å². The van der Waals surface area contributed by atoms with E-state index in [9.17, 15) is 22.8 Å². The van der Waals surface area contributed by atoms with Crippen LogP contribution in [0.1, 0.15) is 35.7 Å². The first-order chi connectivity index (χ1) is 15.6. The molecule has 2 aromatic carbocycles. The van der Waals surface area contributed by atoms with Gasteiger partial charge in [-0.25, -0.2) is 4.98 Å². The molecule has 0 aliphatic heterocycles. The van der Waals surface area contributed by atoms with Crippen molar-refractivity contribution in [2.75, 3.05) is 18.2 Å². The average Bonchev–Trinajstić information content (AvgIpc) is 3.12. The fraction of sp³-hybridized carbons (Fsp3) is 0.318. The van der Waals surface area contributed by atoms with E-state index in [1.807, 2.05) is 11.5 Å². The number of hydrogen-bond donors (Lipinski definition) is 2. The summed E-state index contributed by atoms with van der Waals surface area (Å²) in [5.74, 6) is -0.741. The van der Waals surface area contributed by atoms with Crippen LogP contribution in [0.3, 0.4) is 0 Å². The molecular weight excluding hydrogens is 457 g/mol. The number of carbonyl (C=O) groups excluding carboxylic acids is 2. The third-order valence-electron chi connectivity index (χ3n) is 4.87. The van der Waals surface area contributed by atoms with Crippen molar-refractivity contribution in [3.05, 3.63) is 47.5 Å². The minimum absolute atomic E-state index is 0.0501. The van der Waals surface area contributed by atoms with Crippen LogP contribution in [0.4, 0.5) is 18.9 Å². The van der Waals surface area contributed by atoms with Gasteiger partial charge in [0.25, 0.3) is 0 Å². The van der Waals surface area contributed by atoms with E-state index in [0.29, 0.717) is 23.0 Å². The standard InChI is InChI=1S/C22H23F3N4O3S/c1-3-4-9-29-17-7-6-14(22(23,24)25)11-15(17)28-21(29)33-12-19(30)27-16-10-13(20(26)31)5-8-18(16)32-2/h5-8,10-11H,3-4,9,12H2,1-2H3,(H2,26,31)(H,27,30). The lowest BCUT2D eigenvalue weighted by Gasteiger charge is -2.12. The number of nitrogens with one attached hydrogen (secondary N) is 1. The second kappa shape index (κ2) is 10.2. The monoisotopic (exact) mass is 480 g/mol. The van der Waals surface area contributed by atoms with Crippen LogP contribution in [-0.2, 0) is 17.5 Å². The Morgan fingerprint density at radius 1 is 1.21 bits per heavy atom. The maximum Gasteiger partial charge on any atom is 0.416 e. The van der Waals surface area contributed by atoms with Crippen LogP contribution < -0.4 is 15.8 Å². The van der Waals surface area contributed by atoms with Gasteiger partial charge in [-0.15, -0.1) is 0 Å². The number of primary amides is 1. The second-order valence-corrected chi connectivity index (χ2v) is 8.16. The van der Waals surface area contributed by atoms with E-state index >= 15 is 0 Å². The SMILES string of the molecule is CCCCn1c(SCC(=O)Nc2cc(C(N)=O)ccc2OC)nc2cc(C(F)(F)F)ccc21. The Morgan fingerprint density at radius 3 is 2.61 bits per heavy atom. The molecule has 3 N–H and O–H groups in total. The van der Waals surface area contributed by atoms with E-state index in [4.69, 9.17) is 10.5 Å².